The van der Waals surface area contributed by atoms with Crippen LogP contribution in [0.4, 0.5) is 5.69 Å². The summed E-state index contributed by atoms with van der Waals surface area (Å²) in [5.74, 6) is -0.117. The van der Waals surface area contributed by atoms with Gasteiger partial charge in [-0.2, -0.15) is 0 Å². The summed E-state index contributed by atoms with van der Waals surface area (Å²) < 4.78 is 6.01. The monoisotopic (exact) mass is 338 g/mol. The van der Waals surface area contributed by atoms with Gasteiger partial charge in [-0.15, -0.1) is 0 Å². The fourth-order valence-corrected chi connectivity index (χ4v) is 3.18. The highest BCUT2D eigenvalue weighted by Gasteiger charge is 2.13. The quantitative estimate of drug-likeness (QED) is 0.828. The van der Waals surface area contributed by atoms with Crippen molar-refractivity contribution in [2.24, 2.45) is 5.73 Å². The third-order valence-electron chi connectivity index (χ3n) is 4.67. The minimum atomic E-state index is -0.117. The molecule has 0 spiro atoms. The average molecular weight is 338 g/mol. The SMILES string of the molecule is NCc1ccc(C(=O)Nc2cccc(COC3CCCCC3)c2)cc1. The van der Waals surface area contributed by atoms with Gasteiger partial charge in [-0.1, -0.05) is 43.5 Å². The smallest absolute Gasteiger partial charge is 0.255 e. The average Bonchev–Trinajstić information content (AvgIpc) is 2.67. The predicted octanol–water partition coefficient (Wildman–Crippen LogP) is 4.25. The van der Waals surface area contributed by atoms with Crippen molar-refractivity contribution in [1.82, 2.24) is 0 Å². The van der Waals surface area contributed by atoms with E-state index >= 15 is 0 Å². The summed E-state index contributed by atoms with van der Waals surface area (Å²) in [6, 6.07) is 15.2. The Balaban J connectivity index is 1.57. The maximum atomic E-state index is 12.4. The van der Waals surface area contributed by atoms with Gasteiger partial charge in [0, 0.05) is 17.8 Å². The van der Waals surface area contributed by atoms with Gasteiger partial charge < -0.3 is 15.8 Å². The summed E-state index contributed by atoms with van der Waals surface area (Å²) in [4.78, 5) is 12.4. The summed E-state index contributed by atoms with van der Waals surface area (Å²) in [7, 11) is 0. The summed E-state index contributed by atoms with van der Waals surface area (Å²) in [6.45, 7) is 1.07. The molecule has 0 aliphatic heterocycles. The van der Waals surface area contributed by atoms with E-state index in [4.69, 9.17) is 10.5 Å². The second-order valence-electron chi connectivity index (χ2n) is 6.63. The molecule has 3 rings (SSSR count). The van der Waals surface area contributed by atoms with Gasteiger partial charge in [0.05, 0.1) is 12.7 Å². The second-order valence-corrected chi connectivity index (χ2v) is 6.63. The van der Waals surface area contributed by atoms with E-state index < -0.39 is 0 Å². The van der Waals surface area contributed by atoms with Gasteiger partial charge in [0.2, 0.25) is 0 Å². The number of ether oxygens (including phenoxy) is 1. The first-order valence-corrected chi connectivity index (χ1v) is 9.05. The summed E-state index contributed by atoms with van der Waals surface area (Å²) in [5, 5.41) is 2.95. The first-order valence-electron chi connectivity index (χ1n) is 9.05. The summed E-state index contributed by atoms with van der Waals surface area (Å²) in [6.07, 6.45) is 6.57. The van der Waals surface area contributed by atoms with Crippen LogP contribution in [0.2, 0.25) is 0 Å². The lowest BCUT2D eigenvalue weighted by Crippen LogP contribution is -2.16. The standard InChI is InChI=1S/C21H26N2O2/c22-14-16-9-11-18(12-10-16)21(24)23-19-6-4-5-17(13-19)15-25-20-7-2-1-3-8-20/h4-6,9-13,20H,1-3,7-8,14-15,22H2,(H,23,24). The normalized spacial score (nSPS) is 15.1. The molecule has 0 aromatic heterocycles. The first-order chi connectivity index (χ1) is 12.2. The van der Waals surface area contributed by atoms with Crippen LogP contribution in [0.1, 0.15) is 53.6 Å². The number of rotatable bonds is 6. The van der Waals surface area contributed by atoms with E-state index in [2.05, 4.69) is 5.32 Å². The van der Waals surface area contributed by atoms with E-state index in [1.807, 2.05) is 36.4 Å². The van der Waals surface area contributed by atoms with Gasteiger partial charge in [0.25, 0.3) is 5.91 Å². The van der Waals surface area contributed by atoms with Crippen molar-refractivity contribution in [1.29, 1.82) is 0 Å². The highest BCUT2D eigenvalue weighted by atomic mass is 16.5. The van der Waals surface area contributed by atoms with Crippen LogP contribution in [0.3, 0.4) is 0 Å². The Bertz CT molecular complexity index is 691. The van der Waals surface area contributed by atoms with Gasteiger partial charge >= 0.3 is 0 Å². The number of amides is 1. The molecular formula is C21H26N2O2. The van der Waals surface area contributed by atoms with Crippen molar-refractivity contribution >= 4 is 11.6 Å². The lowest BCUT2D eigenvalue weighted by molar-refractivity contribution is 0.0169. The zero-order valence-corrected chi connectivity index (χ0v) is 14.5. The maximum Gasteiger partial charge on any atom is 0.255 e. The van der Waals surface area contributed by atoms with Crippen LogP contribution in [-0.4, -0.2) is 12.0 Å². The molecule has 0 heterocycles. The topological polar surface area (TPSA) is 64.4 Å². The van der Waals surface area contributed by atoms with E-state index in [-0.39, 0.29) is 5.91 Å². The van der Waals surface area contributed by atoms with E-state index in [0.29, 0.717) is 24.8 Å². The number of carbonyl (C=O) groups is 1. The molecule has 4 nitrogen and oxygen atoms in total. The third kappa shape index (κ3) is 5.15. The van der Waals surface area contributed by atoms with Crippen molar-refractivity contribution in [3.8, 4) is 0 Å². The van der Waals surface area contributed by atoms with Gasteiger partial charge in [-0.05, 0) is 48.2 Å². The molecule has 0 atom stereocenters. The molecule has 4 heteroatoms. The molecule has 0 unspecified atom stereocenters. The van der Waals surface area contributed by atoms with E-state index in [1.54, 1.807) is 12.1 Å². The zero-order chi connectivity index (χ0) is 17.5. The largest absolute Gasteiger partial charge is 0.374 e. The van der Waals surface area contributed by atoms with Gasteiger partial charge in [-0.3, -0.25) is 4.79 Å². The maximum absolute atomic E-state index is 12.4. The molecule has 2 aromatic rings. The fourth-order valence-electron chi connectivity index (χ4n) is 3.18. The van der Waals surface area contributed by atoms with Crippen LogP contribution in [0.15, 0.2) is 48.5 Å². The Kier molecular flexibility index (Phi) is 6.20. The molecule has 3 N–H and O–H groups in total. The molecule has 132 valence electrons. The highest BCUT2D eigenvalue weighted by Crippen LogP contribution is 2.22. The molecule has 0 radical (unpaired) electrons. The number of anilines is 1. The first kappa shape index (κ1) is 17.6. The molecule has 1 fully saturated rings. The Morgan fingerprint density at radius 2 is 1.80 bits per heavy atom. The molecule has 25 heavy (non-hydrogen) atoms. The third-order valence-corrected chi connectivity index (χ3v) is 4.67. The molecule has 1 saturated carbocycles. The molecule has 1 aliphatic carbocycles. The van der Waals surface area contributed by atoms with Gasteiger partial charge in [-0.25, -0.2) is 0 Å². The van der Waals surface area contributed by atoms with E-state index in [0.717, 1.165) is 29.7 Å². The predicted molar refractivity (Wildman–Crippen MR) is 100 cm³/mol. The van der Waals surface area contributed by atoms with Crippen LogP contribution < -0.4 is 11.1 Å². The highest BCUT2D eigenvalue weighted by molar-refractivity contribution is 6.04. The number of hydrogen-bond acceptors (Lipinski definition) is 3. The van der Waals surface area contributed by atoms with Crippen molar-refractivity contribution in [2.45, 2.75) is 51.4 Å². The zero-order valence-electron chi connectivity index (χ0n) is 14.5. The van der Waals surface area contributed by atoms with Crippen LogP contribution in [0.5, 0.6) is 0 Å². The number of benzene rings is 2. The van der Waals surface area contributed by atoms with E-state index in [9.17, 15) is 4.79 Å². The minimum absolute atomic E-state index is 0.117. The number of nitrogens with one attached hydrogen (secondary N) is 1. The van der Waals surface area contributed by atoms with Crippen molar-refractivity contribution in [2.75, 3.05) is 5.32 Å². The van der Waals surface area contributed by atoms with Gasteiger partial charge in [0.1, 0.15) is 0 Å². The Morgan fingerprint density at radius 1 is 1.04 bits per heavy atom. The van der Waals surface area contributed by atoms with Crippen molar-refractivity contribution in [3.05, 3.63) is 65.2 Å². The molecule has 0 saturated heterocycles. The number of carbonyl (C=O) groups excluding carboxylic acids is 1. The second kappa shape index (κ2) is 8.79. The fraction of sp³-hybridized carbons (Fsp3) is 0.381. The number of hydrogen-bond donors (Lipinski definition) is 2. The molecule has 1 amide bonds. The van der Waals surface area contributed by atoms with Crippen molar-refractivity contribution in [3.63, 3.8) is 0 Å². The lowest BCUT2D eigenvalue weighted by atomic mass is 9.98. The van der Waals surface area contributed by atoms with Crippen LogP contribution in [-0.2, 0) is 17.9 Å². The minimum Gasteiger partial charge on any atom is -0.374 e. The molecule has 1 aliphatic rings. The van der Waals surface area contributed by atoms with Crippen LogP contribution in [0.25, 0.3) is 0 Å². The summed E-state index contributed by atoms with van der Waals surface area (Å²) in [5.41, 5.74) is 9.10. The summed E-state index contributed by atoms with van der Waals surface area (Å²) >= 11 is 0. The van der Waals surface area contributed by atoms with Crippen LogP contribution in [0, 0.1) is 0 Å². The van der Waals surface area contributed by atoms with Crippen LogP contribution >= 0.6 is 0 Å². The Morgan fingerprint density at radius 3 is 2.52 bits per heavy atom. The lowest BCUT2D eigenvalue weighted by Gasteiger charge is -2.22. The number of nitrogens with two attached hydrogens (primary N) is 1. The van der Waals surface area contributed by atoms with Gasteiger partial charge in [0.15, 0.2) is 0 Å². The Hall–Kier alpha value is -2.17. The Labute approximate surface area is 149 Å². The van der Waals surface area contributed by atoms with Crippen molar-refractivity contribution < 1.29 is 9.53 Å². The van der Waals surface area contributed by atoms with E-state index in [1.165, 1.54) is 19.3 Å². The molecular weight excluding hydrogens is 312 g/mol. The molecule has 0 bridgehead atoms. The molecule has 2 aromatic carbocycles.